The Morgan fingerprint density at radius 1 is 1.23 bits per heavy atom. The predicted octanol–water partition coefficient (Wildman–Crippen LogP) is 5.30. The lowest BCUT2D eigenvalue weighted by Crippen LogP contribution is -2.21. The van der Waals surface area contributed by atoms with Gasteiger partial charge in [-0.2, -0.15) is 0 Å². The molecule has 7 heteroatoms. The number of allylic oxidation sites excluding steroid dienone is 3. The number of anilines is 1. The van der Waals surface area contributed by atoms with E-state index in [1.165, 1.54) is 22.7 Å². The van der Waals surface area contributed by atoms with E-state index in [-0.39, 0.29) is 5.37 Å². The van der Waals surface area contributed by atoms with Crippen LogP contribution in [0.4, 0.5) is 14.5 Å². The second-order valence-corrected chi connectivity index (χ2v) is 8.71. The van der Waals surface area contributed by atoms with Crippen LogP contribution in [0.5, 0.6) is 0 Å². The Balaban J connectivity index is 1.57. The van der Waals surface area contributed by atoms with Crippen LogP contribution in [0.1, 0.15) is 41.3 Å². The van der Waals surface area contributed by atoms with Crippen molar-refractivity contribution in [3.8, 4) is 0 Å². The molecule has 4 rings (SSSR count). The Morgan fingerprint density at radius 3 is 2.74 bits per heavy atom. The van der Waals surface area contributed by atoms with Gasteiger partial charge in [0.15, 0.2) is 0 Å². The van der Waals surface area contributed by atoms with Crippen molar-refractivity contribution in [2.45, 2.75) is 31.6 Å². The van der Waals surface area contributed by atoms with E-state index < -0.39 is 23.1 Å². The van der Waals surface area contributed by atoms with Gasteiger partial charge in [0.25, 0.3) is 5.91 Å². The second-order valence-electron chi connectivity index (χ2n) is 7.51. The number of benzene rings is 2. The number of amides is 1. The van der Waals surface area contributed by atoms with Crippen LogP contribution in [0.2, 0.25) is 0 Å². The van der Waals surface area contributed by atoms with E-state index in [2.05, 4.69) is 17.6 Å². The lowest BCUT2D eigenvalue weighted by Gasteiger charge is -2.16. The fraction of sp³-hybridized carbons (Fsp3) is 0.208. The standard InChI is InChI=1S/C24H23F2N3OS/c1-14(5-4-12-27)24-29-22-17-11-10-16(13-15(17)6-2-9-20(22)31-24)28-23(30)21-18(25)7-3-8-19(21)26/h3-5,7-8,10-13,24,29H,2,6,9,27H2,1H3,(H,28,30)/b12-4-,14-5+. The highest BCUT2D eigenvalue weighted by atomic mass is 32.2. The van der Waals surface area contributed by atoms with Crippen molar-refractivity contribution in [3.63, 3.8) is 0 Å². The Morgan fingerprint density at radius 2 is 2.00 bits per heavy atom. The first-order chi connectivity index (χ1) is 15.0. The van der Waals surface area contributed by atoms with Gasteiger partial charge in [-0.1, -0.05) is 30.0 Å². The average molecular weight is 440 g/mol. The van der Waals surface area contributed by atoms with Crippen LogP contribution >= 0.6 is 11.8 Å². The van der Waals surface area contributed by atoms with Crippen LogP contribution < -0.4 is 16.4 Å². The molecule has 0 fully saturated rings. The van der Waals surface area contributed by atoms with Crippen LogP contribution in [-0.4, -0.2) is 11.3 Å². The van der Waals surface area contributed by atoms with E-state index in [9.17, 15) is 13.6 Å². The summed E-state index contributed by atoms with van der Waals surface area (Å²) in [6.07, 6.45) is 8.15. The zero-order valence-electron chi connectivity index (χ0n) is 17.0. The number of hydrogen-bond donors (Lipinski definition) is 3. The number of nitrogens with one attached hydrogen (secondary N) is 2. The number of aryl methyl sites for hydroxylation is 1. The largest absolute Gasteiger partial charge is 0.405 e. The molecule has 2 aliphatic rings. The molecule has 4 nitrogen and oxygen atoms in total. The molecule has 0 radical (unpaired) electrons. The zero-order chi connectivity index (χ0) is 22.0. The van der Waals surface area contributed by atoms with Crippen molar-refractivity contribution in [2.75, 3.05) is 5.32 Å². The maximum Gasteiger partial charge on any atom is 0.261 e. The van der Waals surface area contributed by atoms with Crippen LogP contribution in [0.15, 0.2) is 65.2 Å². The predicted molar refractivity (Wildman–Crippen MR) is 122 cm³/mol. The molecule has 31 heavy (non-hydrogen) atoms. The van der Waals surface area contributed by atoms with Crippen molar-refractivity contribution < 1.29 is 13.6 Å². The summed E-state index contributed by atoms with van der Waals surface area (Å²) < 4.78 is 27.8. The molecule has 1 aliphatic carbocycles. The van der Waals surface area contributed by atoms with Gasteiger partial charge < -0.3 is 16.4 Å². The lowest BCUT2D eigenvalue weighted by molar-refractivity contribution is 0.101. The Hall–Kier alpha value is -3.06. The van der Waals surface area contributed by atoms with Gasteiger partial charge in [-0.25, -0.2) is 8.78 Å². The Labute approximate surface area is 184 Å². The number of fused-ring (bicyclic) bond motifs is 2. The van der Waals surface area contributed by atoms with Crippen LogP contribution in [-0.2, 0) is 6.42 Å². The third kappa shape index (κ3) is 4.37. The molecule has 0 saturated heterocycles. The van der Waals surface area contributed by atoms with Crippen molar-refractivity contribution >= 4 is 29.1 Å². The molecule has 1 amide bonds. The molecule has 4 N–H and O–H groups in total. The number of carbonyl (C=O) groups excluding carboxylic acids is 1. The van der Waals surface area contributed by atoms with Crippen molar-refractivity contribution in [3.05, 3.63) is 93.6 Å². The van der Waals surface area contributed by atoms with Crippen molar-refractivity contribution in [2.24, 2.45) is 5.73 Å². The summed E-state index contributed by atoms with van der Waals surface area (Å²) in [4.78, 5) is 13.8. The Kier molecular flexibility index (Phi) is 6.13. The van der Waals surface area contributed by atoms with Gasteiger partial charge in [0.2, 0.25) is 0 Å². The topological polar surface area (TPSA) is 67.2 Å². The Bertz CT molecular complexity index is 1100. The summed E-state index contributed by atoms with van der Waals surface area (Å²) in [7, 11) is 0. The SMILES string of the molecule is C/C(=C\C=C/N)C1NC2=C(CCCc3cc(NC(=O)c4c(F)cccc4F)ccc32)S1. The van der Waals surface area contributed by atoms with Gasteiger partial charge in [-0.15, -0.1) is 0 Å². The second kappa shape index (κ2) is 8.98. The highest BCUT2D eigenvalue weighted by Crippen LogP contribution is 2.44. The average Bonchev–Trinajstić information content (AvgIpc) is 3.09. The van der Waals surface area contributed by atoms with Crippen molar-refractivity contribution in [1.82, 2.24) is 5.32 Å². The van der Waals surface area contributed by atoms with Gasteiger partial charge in [0.1, 0.15) is 17.2 Å². The summed E-state index contributed by atoms with van der Waals surface area (Å²) in [5.41, 5.74) is 9.87. The zero-order valence-corrected chi connectivity index (χ0v) is 17.9. The van der Waals surface area contributed by atoms with E-state index in [4.69, 9.17) is 5.73 Å². The van der Waals surface area contributed by atoms with Crippen LogP contribution in [0.3, 0.4) is 0 Å². The van der Waals surface area contributed by atoms with E-state index in [1.54, 1.807) is 6.07 Å². The van der Waals surface area contributed by atoms with Crippen LogP contribution in [0, 0.1) is 11.6 Å². The highest BCUT2D eigenvalue weighted by molar-refractivity contribution is 8.04. The van der Waals surface area contributed by atoms with Gasteiger partial charge >= 0.3 is 0 Å². The molecule has 1 atom stereocenters. The quantitative estimate of drug-likeness (QED) is 0.566. The summed E-state index contributed by atoms with van der Waals surface area (Å²) >= 11 is 1.82. The molecule has 0 saturated carbocycles. The normalized spacial score (nSPS) is 18.4. The van der Waals surface area contributed by atoms with Gasteiger partial charge in [0, 0.05) is 16.2 Å². The summed E-state index contributed by atoms with van der Waals surface area (Å²) in [6.45, 7) is 2.07. The monoisotopic (exact) mass is 439 g/mol. The maximum atomic E-state index is 13.9. The maximum absolute atomic E-state index is 13.9. The lowest BCUT2D eigenvalue weighted by atomic mass is 10.0. The molecule has 2 aromatic rings. The molecule has 160 valence electrons. The minimum absolute atomic E-state index is 0.149. The summed E-state index contributed by atoms with van der Waals surface area (Å²) in [5, 5.41) is 6.39. The number of rotatable bonds is 4. The number of carbonyl (C=O) groups is 1. The minimum Gasteiger partial charge on any atom is -0.405 e. The molecule has 1 heterocycles. The van der Waals surface area contributed by atoms with Gasteiger partial charge in [0.05, 0.1) is 11.1 Å². The molecule has 1 aliphatic heterocycles. The third-order valence-corrected chi connectivity index (χ3v) is 6.79. The first kappa shape index (κ1) is 21.2. The molecule has 0 spiro atoms. The summed E-state index contributed by atoms with van der Waals surface area (Å²) in [5.74, 6) is -2.56. The molecule has 0 bridgehead atoms. The van der Waals surface area contributed by atoms with E-state index in [1.807, 2.05) is 36.0 Å². The first-order valence-electron chi connectivity index (χ1n) is 10.1. The molecule has 2 aromatic carbocycles. The number of nitrogens with two attached hydrogens (primary N) is 1. The molecule has 1 unspecified atom stereocenters. The highest BCUT2D eigenvalue weighted by Gasteiger charge is 2.29. The van der Waals surface area contributed by atoms with E-state index >= 15 is 0 Å². The van der Waals surface area contributed by atoms with Gasteiger partial charge in [-0.3, -0.25) is 4.79 Å². The molecular weight excluding hydrogens is 416 g/mol. The smallest absolute Gasteiger partial charge is 0.261 e. The van der Waals surface area contributed by atoms with E-state index in [0.717, 1.165) is 48.2 Å². The molecular formula is C24H23F2N3OS. The fourth-order valence-electron chi connectivity index (χ4n) is 3.83. The minimum atomic E-state index is -0.881. The first-order valence-corrected chi connectivity index (χ1v) is 11.0. The number of thioether (sulfide) groups is 1. The number of halogens is 2. The fourth-order valence-corrected chi connectivity index (χ4v) is 5.10. The van der Waals surface area contributed by atoms with Gasteiger partial charge in [-0.05, 0) is 73.9 Å². The number of hydrogen-bond acceptors (Lipinski definition) is 4. The third-order valence-electron chi connectivity index (χ3n) is 5.37. The molecule has 0 aromatic heterocycles. The van der Waals surface area contributed by atoms with Crippen LogP contribution in [0.25, 0.3) is 5.70 Å². The summed E-state index contributed by atoms with van der Waals surface area (Å²) in [6, 6.07) is 8.99. The van der Waals surface area contributed by atoms with E-state index in [0.29, 0.717) is 5.69 Å². The van der Waals surface area contributed by atoms with Crippen molar-refractivity contribution in [1.29, 1.82) is 0 Å².